The molecule has 0 saturated carbocycles. The predicted octanol–water partition coefficient (Wildman–Crippen LogP) is 3.01. The smallest absolute Gasteiger partial charge is 0.180 e. The van der Waals surface area contributed by atoms with Crippen LogP contribution in [0, 0.1) is 6.92 Å². The Kier molecular flexibility index (Phi) is 3.06. The summed E-state index contributed by atoms with van der Waals surface area (Å²) >= 11 is 6.08. The number of carbonyl (C=O) groups is 1. The quantitative estimate of drug-likeness (QED) is 0.708. The van der Waals surface area contributed by atoms with Gasteiger partial charge in [-0.25, -0.2) is 0 Å². The Hall–Kier alpha value is -1.22. The molecule has 1 aliphatic heterocycles. The van der Waals surface area contributed by atoms with Crippen molar-refractivity contribution in [2.24, 2.45) is 0 Å². The number of benzene rings is 1. The number of ketones is 1. The van der Waals surface area contributed by atoms with Crippen molar-refractivity contribution in [1.29, 1.82) is 0 Å². The molecule has 86 valence electrons. The summed E-state index contributed by atoms with van der Waals surface area (Å²) in [4.78, 5) is 11.4. The zero-order chi connectivity index (χ0) is 11.7. The number of Topliss-reactive ketones (excluding diaryl/α,β-unsaturated/α-hetero) is 1. The number of carbonyl (C=O) groups excluding carboxylic acids is 1. The van der Waals surface area contributed by atoms with E-state index in [4.69, 9.17) is 21.1 Å². The molecule has 1 aromatic carbocycles. The molecule has 0 atom stereocenters. The molecule has 1 aromatic rings. The molecule has 0 spiro atoms. The van der Waals surface area contributed by atoms with Gasteiger partial charge in [0, 0.05) is 17.5 Å². The van der Waals surface area contributed by atoms with Crippen molar-refractivity contribution in [1.82, 2.24) is 0 Å². The molecule has 1 heterocycles. The van der Waals surface area contributed by atoms with E-state index in [1.54, 1.807) is 6.07 Å². The van der Waals surface area contributed by atoms with Crippen LogP contribution >= 0.6 is 11.6 Å². The first-order chi connectivity index (χ1) is 7.61. The van der Waals surface area contributed by atoms with Crippen LogP contribution in [0.4, 0.5) is 0 Å². The van der Waals surface area contributed by atoms with E-state index >= 15 is 0 Å². The van der Waals surface area contributed by atoms with Gasteiger partial charge in [-0.2, -0.15) is 0 Å². The molecule has 4 heteroatoms. The molecule has 0 saturated heterocycles. The van der Waals surface area contributed by atoms with Gasteiger partial charge >= 0.3 is 0 Å². The molecule has 0 unspecified atom stereocenters. The van der Waals surface area contributed by atoms with Crippen LogP contribution < -0.4 is 9.47 Å². The van der Waals surface area contributed by atoms with Crippen LogP contribution in [0.15, 0.2) is 6.07 Å². The number of halogens is 1. The van der Waals surface area contributed by atoms with Crippen molar-refractivity contribution in [2.75, 3.05) is 13.2 Å². The fraction of sp³-hybridized carbons (Fsp3) is 0.417. The van der Waals surface area contributed by atoms with E-state index in [9.17, 15) is 4.79 Å². The topological polar surface area (TPSA) is 35.5 Å². The second kappa shape index (κ2) is 4.34. The zero-order valence-electron chi connectivity index (χ0n) is 9.30. The van der Waals surface area contributed by atoms with Crippen LogP contribution in [0.5, 0.6) is 11.5 Å². The van der Waals surface area contributed by atoms with Crippen molar-refractivity contribution < 1.29 is 14.3 Å². The van der Waals surface area contributed by atoms with Crippen LogP contribution in [0.25, 0.3) is 0 Å². The highest BCUT2D eigenvalue weighted by molar-refractivity contribution is 6.32. The van der Waals surface area contributed by atoms with Gasteiger partial charge in [-0.1, -0.05) is 11.6 Å². The lowest BCUT2D eigenvalue weighted by molar-refractivity contribution is 0.101. The van der Waals surface area contributed by atoms with E-state index in [0.717, 1.165) is 12.0 Å². The van der Waals surface area contributed by atoms with Gasteiger partial charge in [0.25, 0.3) is 0 Å². The van der Waals surface area contributed by atoms with Crippen LogP contribution in [-0.2, 0) is 0 Å². The Bertz CT molecular complexity index is 440. The maximum atomic E-state index is 11.4. The summed E-state index contributed by atoms with van der Waals surface area (Å²) in [6, 6.07) is 1.65. The Balaban J connectivity index is 2.61. The summed E-state index contributed by atoms with van der Waals surface area (Å²) in [5.74, 6) is 1.15. The fourth-order valence-electron chi connectivity index (χ4n) is 1.78. The largest absolute Gasteiger partial charge is 0.489 e. The normalized spacial score (nSPS) is 14.4. The minimum Gasteiger partial charge on any atom is -0.489 e. The van der Waals surface area contributed by atoms with Gasteiger partial charge in [0.15, 0.2) is 17.3 Å². The summed E-state index contributed by atoms with van der Waals surface area (Å²) in [5, 5.41) is 0.438. The van der Waals surface area contributed by atoms with Crippen molar-refractivity contribution in [3.63, 3.8) is 0 Å². The summed E-state index contributed by atoms with van der Waals surface area (Å²) in [5.41, 5.74) is 1.39. The van der Waals surface area contributed by atoms with Gasteiger partial charge in [0.2, 0.25) is 0 Å². The standard InChI is InChI=1S/C12H13ClO3/c1-7-9(8(2)14)6-10(13)12-11(7)15-4-3-5-16-12/h6H,3-5H2,1-2H3. The molecular formula is C12H13ClO3. The Morgan fingerprint density at radius 2 is 1.94 bits per heavy atom. The Morgan fingerprint density at radius 1 is 1.31 bits per heavy atom. The maximum Gasteiger partial charge on any atom is 0.180 e. The fourth-order valence-corrected chi connectivity index (χ4v) is 2.03. The van der Waals surface area contributed by atoms with Gasteiger partial charge in [0.1, 0.15) is 0 Å². The first-order valence-corrected chi connectivity index (χ1v) is 5.58. The SMILES string of the molecule is CC(=O)c1cc(Cl)c2c(c1C)OCCCO2. The van der Waals surface area contributed by atoms with Crippen molar-refractivity contribution in [2.45, 2.75) is 20.3 Å². The minimum atomic E-state index is -0.0185. The third kappa shape index (κ3) is 1.87. The molecule has 0 bridgehead atoms. The monoisotopic (exact) mass is 240 g/mol. The van der Waals surface area contributed by atoms with Gasteiger partial charge in [-0.15, -0.1) is 0 Å². The van der Waals surface area contributed by atoms with E-state index in [1.807, 2.05) is 6.92 Å². The molecule has 0 amide bonds. The second-order valence-corrected chi connectivity index (χ2v) is 4.20. The van der Waals surface area contributed by atoms with E-state index in [2.05, 4.69) is 0 Å². The molecule has 16 heavy (non-hydrogen) atoms. The molecule has 0 fully saturated rings. The number of hydrogen-bond donors (Lipinski definition) is 0. The zero-order valence-corrected chi connectivity index (χ0v) is 10.1. The first kappa shape index (κ1) is 11.3. The third-order valence-electron chi connectivity index (χ3n) is 2.60. The molecule has 0 N–H and O–H groups in total. The Labute approximate surface area is 99.3 Å². The molecule has 2 rings (SSSR count). The van der Waals surface area contributed by atoms with Crippen LogP contribution in [0.2, 0.25) is 5.02 Å². The maximum absolute atomic E-state index is 11.4. The highest BCUT2D eigenvalue weighted by atomic mass is 35.5. The van der Waals surface area contributed by atoms with Gasteiger partial charge in [0.05, 0.1) is 18.2 Å². The summed E-state index contributed by atoms with van der Waals surface area (Å²) in [6.45, 7) is 4.54. The molecule has 0 aromatic heterocycles. The van der Waals surface area contributed by atoms with Gasteiger partial charge in [-0.3, -0.25) is 4.79 Å². The number of fused-ring (bicyclic) bond motifs is 1. The van der Waals surface area contributed by atoms with E-state index in [0.29, 0.717) is 35.3 Å². The lowest BCUT2D eigenvalue weighted by Gasteiger charge is -2.14. The van der Waals surface area contributed by atoms with E-state index < -0.39 is 0 Å². The first-order valence-electron chi connectivity index (χ1n) is 5.21. The summed E-state index contributed by atoms with van der Waals surface area (Å²) < 4.78 is 11.1. The molecule has 1 aliphatic rings. The van der Waals surface area contributed by atoms with Crippen LogP contribution in [0.1, 0.15) is 29.3 Å². The number of rotatable bonds is 1. The summed E-state index contributed by atoms with van der Waals surface area (Å²) in [7, 11) is 0. The van der Waals surface area contributed by atoms with Gasteiger partial charge < -0.3 is 9.47 Å². The van der Waals surface area contributed by atoms with E-state index in [1.165, 1.54) is 6.92 Å². The number of hydrogen-bond acceptors (Lipinski definition) is 3. The molecule has 0 radical (unpaired) electrons. The van der Waals surface area contributed by atoms with Crippen molar-refractivity contribution in [3.8, 4) is 11.5 Å². The van der Waals surface area contributed by atoms with Crippen LogP contribution in [-0.4, -0.2) is 19.0 Å². The molecular weight excluding hydrogens is 228 g/mol. The average Bonchev–Trinajstić information content (AvgIpc) is 2.48. The number of ether oxygens (including phenoxy) is 2. The highest BCUT2D eigenvalue weighted by Crippen LogP contribution is 2.41. The van der Waals surface area contributed by atoms with Crippen molar-refractivity contribution in [3.05, 3.63) is 22.2 Å². The average molecular weight is 241 g/mol. The highest BCUT2D eigenvalue weighted by Gasteiger charge is 2.21. The molecule has 3 nitrogen and oxygen atoms in total. The Morgan fingerprint density at radius 3 is 2.56 bits per heavy atom. The second-order valence-electron chi connectivity index (χ2n) is 3.80. The van der Waals surface area contributed by atoms with Crippen molar-refractivity contribution >= 4 is 17.4 Å². The lowest BCUT2D eigenvalue weighted by Crippen LogP contribution is -2.02. The summed E-state index contributed by atoms with van der Waals surface area (Å²) in [6.07, 6.45) is 0.819. The molecule has 0 aliphatic carbocycles. The van der Waals surface area contributed by atoms with E-state index in [-0.39, 0.29) is 5.78 Å². The van der Waals surface area contributed by atoms with Gasteiger partial charge in [-0.05, 0) is 19.9 Å². The third-order valence-corrected chi connectivity index (χ3v) is 2.88. The minimum absolute atomic E-state index is 0.0185. The predicted molar refractivity (Wildman–Crippen MR) is 61.8 cm³/mol. The van der Waals surface area contributed by atoms with Crippen LogP contribution in [0.3, 0.4) is 0 Å². The lowest BCUT2D eigenvalue weighted by atomic mass is 10.0.